The molecule has 1 saturated carbocycles. The van der Waals surface area contributed by atoms with Crippen LogP contribution < -0.4 is 5.32 Å². The SMILES string of the molecule is CNC(CC1CCCC1)c1ccc(F)cn1. The molecule has 1 unspecified atom stereocenters. The fraction of sp³-hybridized carbons (Fsp3) is 0.615. The number of rotatable bonds is 4. The predicted molar refractivity (Wildman–Crippen MR) is 62.6 cm³/mol. The summed E-state index contributed by atoms with van der Waals surface area (Å²) < 4.78 is 12.8. The molecule has 0 aromatic carbocycles. The highest BCUT2D eigenvalue weighted by atomic mass is 19.1. The van der Waals surface area contributed by atoms with Gasteiger partial charge in [-0.3, -0.25) is 4.98 Å². The second-order valence-corrected chi connectivity index (χ2v) is 4.63. The molecule has 0 spiro atoms. The van der Waals surface area contributed by atoms with E-state index in [1.807, 2.05) is 7.05 Å². The van der Waals surface area contributed by atoms with Crippen LogP contribution >= 0.6 is 0 Å². The van der Waals surface area contributed by atoms with Crippen molar-refractivity contribution in [1.29, 1.82) is 0 Å². The number of hydrogen-bond acceptors (Lipinski definition) is 2. The van der Waals surface area contributed by atoms with E-state index in [-0.39, 0.29) is 11.9 Å². The summed E-state index contributed by atoms with van der Waals surface area (Å²) in [6.07, 6.45) is 7.80. The first-order chi connectivity index (χ1) is 7.79. The highest BCUT2D eigenvalue weighted by Crippen LogP contribution is 2.32. The molecule has 16 heavy (non-hydrogen) atoms. The van der Waals surface area contributed by atoms with Crippen molar-refractivity contribution >= 4 is 0 Å². The molecule has 2 rings (SSSR count). The summed E-state index contributed by atoms with van der Waals surface area (Å²) in [6.45, 7) is 0. The summed E-state index contributed by atoms with van der Waals surface area (Å²) in [5.41, 5.74) is 0.954. The van der Waals surface area contributed by atoms with E-state index in [0.717, 1.165) is 18.0 Å². The lowest BCUT2D eigenvalue weighted by atomic mass is 9.96. The molecule has 1 N–H and O–H groups in total. The van der Waals surface area contributed by atoms with Gasteiger partial charge in [-0.25, -0.2) is 4.39 Å². The quantitative estimate of drug-likeness (QED) is 0.847. The second kappa shape index (κ2) is 5.39. The third kappa shape index (κ3) is 2.79. The van der Waals surface area contributed by atoms with Gasteiger partial charge in [-0.15, -0.1) is 0 Å². The summed E-state index contributed by atoms with van der Waals surface area (Å²) in [7, 11) is 1.95. The lowest BCUT2D eigenvalue weighted by Crippen LogP contribution is -2.20. The minimum absolute atomic E-state index is 0.264. The molecule has 0 saturated heterocycles. The van der Waals surface area contributed by atoms with Crippen molar-refractivity contribution in [3.8, 4) is 0 Å². The van der Waals surface area contributed by atoms with Gasteiger partial charge in [-0.2, -0.15) is 0 Å². The molecule has 1 aromatic rings. The van der Waals surface area contributed by atoms with E-state index >= 15 is 0 Å². The highest BCUT2D eigenvalue weighted by molar-refractivity contribution is 5.10. The van der Waals surface area contributed by atoms with Crippen molar-refractivity contribution in [2.45, 2.75) is 38.1 Å². The largest absolute Gasteiger partial charge is 0.312 e. The Morgan fingerprint density at radius 2 is 2.19 bits per heavy atom. The smallest absolute Gasteiger partial charge is 0.141 e. The van der Waals surface area contributed by atoms with Gasteiger partial charge in [-0.05, 0) is 31.5 Å². The van der Waals surface area contributed by atoms with Crippen LogP contribution in [0.5, 0.6) is 0 Å². The molecule has 0 bridgehead atoms. The van der Waals surface area contributed by atoms with Crippen molar-refractivity contribution in [3.05, 3.63) is 29.8 Å². The van der Waals surface area contributed by atoms with Crippen LogP contribution in [0.25, 0.3) is 0 Å². The maximum Gasteiger partial charge on any atom is 0.141 e. The van der Waals surface area contributed by atoms with Crippen LogP contribution in [0, 0.1) is 11.7 Å². The molecule has 88 valence electrons. The van der Waals surface area contributed by atoms with E-state index in [9.17, 15) is 4.39 Å². The zero-order valence-corrected chi connectivity index (χ0v) is 9.75. The van der Waals surface area contributed by atoms with Gasteiger partial charge in [0, 0.05) is 6.04 Å². The fourth-order valence-electron chi connectivity index (χ4n) is 2.56. The van der Waals surface area contributed by atoms with Crippen molar-refractivity contribution in [1.82, 2.24) is 10.3 Å². The number of hydrogen-bond donors (Lipinski definition) is 1. The Morgan fingerprint density at radius 1 is 1.44 bits per heavy atom. The number of aromatic nitrogens is 1. The van der Waals surface area contributed by atoms with Crippen molar-refractivity contribution in [3.63, 3.8) is 0 Å². The van der Waals surface area contributed by atoms with Crippen LogP contribution in [0.4, 0.5) is 4.39 Å². The topological polar surface area (TPSA) is 24.9 Å². The first-order valence-electron chi connectivity index (χ1n) is 6.08. The van der Waals surface area contributed by atoms with Crippen molar-refractivity contribution < 1.29 is 4.39 Å². The molecule has 2 nitrogen and oxygen atoms in total. The summed E-state index contributed by atoms with van der Waals surface area (Å²) in [4.78, 5) is 4.15. The number of nitrogens with one attached hydrogen (secondary N) is 1. The molecule has 1 aliphatic rings. The first kappa shape index (κ1) is 11.5. The molecule has 1 aliphatic carbocycles. The van der Waals surface area contributed by atoms with Gasteiger partial charge in [0.05, 0.1) is 11.9 Å². The normalized spacial score (nSPS) is 18.9. The van der Waals surface area contributed by atoms with E-state index in [1.165, 1.54) is 37.9 Å². The minimum atomic E-state index is -0.264. The lowest BCUT2D eigenvalue weighted by Gasteiger charge is -2.19. The van der Waals surface area contributed by atoms with Gasteiger partial charge in [-0.1, -0.05) is 25.7 Å². The third-order valence-electron chi connectivity index (χ3n) is 3.50. The highest BCUT2D eigenvalue weighted by Gasteiger charge is 2.20. The van der Waals surface area contributed by atoms with E-state index < -0.39 is 0 Å². The summed E-state index contributed by atoms with van der Waals surface area (Å²) in [5, 5.41) is 3.28. The van der Waals surface area contributed by atoms with Gasteiger partial charge in [0.1, 0.15) is 5.82 Å². The monoisotopic (exact) mass is 222 g/mol. The van der Waals surface area contributed by atoms with Crippen molar-refractivity contribution in [2.75, 3.05) is 7.05 Å². The molecule has 1 aromatic heterocycles. The molecule has 1 atom stereocenters. The van der Waals surface area contributed by atoms with Crippen LogP contribution in [0.15, 0.2) is 18.3 Å². The van der Waals surface area contributed by atoms with Crippen LogP contribution in [-0.2, 0) is 0 Å². The third-order valence-corrected chi connectivity index (χ3v) is 3.50. The first-order valence-corrected chi connectivity index (χ1v) is 6.08. The van der Waals surface area contributed by atoms with Crippen LogP contribution in [0.3, 0.4) is 0 Å². The summed E-state index contributed by atoms with van der Waals surface area (Å²) >= 11 is 0. The molecular weight excluding hydrogens is 203 g/mol. The molecule has 1 fully saturated rings. The predicted octanol–water partition coefficient (Wildman–Crippen LogP) is 3.06. The van der Waals surface area contributed by atoms with E-state index in [1.54, 1.807) is 6.07 Å². The zero-order chi connectivity index (χ0) is 11.4. The molecule has 0 aliphatic heterocycles. The molecule has 0 radical (unpaired) electrons. The maximum absolute atomic E-state index is 12.8. The lowest BCUT2D eigenvalue weighted by molar-refractivity contribution is 0.407. The molecule has 1 heterocycles. The van der Waals surface area contributed by atoms with Crippen LogP contribution in [0.2, 0.25) is 0 Å². The van der Waals surface area contributed by atoms with E-state index in [4.69, 9.17) is 0 Å². The van der Waals surface area contributed by atoms with Gasteiger partial charge in [0.2, 0.25) is 0 Å². The van der Waals surface area contributed by atoms with Crippen molar-refractivity contribution in [2.24, 2.45) is 5.92 Å². The van der Waals surface area contributed by atoms with E-state index in [0.29, 0.717) is 0 Å². The zero-order valence-electron chi connectivity index (χ0n) is 9.75. The van der Waals surface area contributed by atoms with Gasteiger partial charge in [0.25, 0.3) is 0 Å². The molecular formula is C13H19FN2. The van der Waals surface area contributed by atoms with Crippen LogP contribution in [0.1, 0.15) is 43.8 Å². The summed E-state index contributed by atoms with van der Waals surface area (Å²) in [5.74, 6) is 0.545. The number of nitrogens with zero attached hydrogens (tertiary/aromatic N) is 1. The maximum atomic E-state index is 12.8. The fourth-order valence-corrected chi connectivity index (χ4v) is 2.56. The Kier molecular flexibility index (Phi) is 3.88. The average molecular weight is 222 g/mol. The Labute approximate surface area is 96.3 Å². The number of pyridine rings is 1. The standard InChI is InChI=1S/C13H19FN2/c1-15-13(8-10-4-2-3-5-10)12-7-6-11(14)9-16-12/h6-7,9-10,13,15H,2-5,8H2,1H3. The second-order valence-electron chi connectivity index (χ2n) is 4.63. The summed E-state index contributed by atoms with van der Waals surface area (Å²) in [6, 6.07) is 3.54. The van der Waals surface area contributed by atoms with Crippen LogP contribution in [-0.4, -0.2) is 12.0 Å². The Morgan fingerprint density at radius 3 is 2.75 bits per heavy atom. The van der Waals surface area contributed by atoms with Gasteiger partial charge < -0.3 is 5.32 Å². The molecule has 3 heteroatoms. The Hall–Kier alpha value is -0.960. The number of halogens is 1. The van der Waals surface area contributed by atoms with E-state index in [2.05, 4.69) is 10.3 Å². The van der Waals surface area contributed by atoms with Gasteiger partial charge in [0.15, 0.2) is 0 Å². The minimum Gasteiger partial charge on any atom is -0.312 e. The Balaban J connectivity index is 2.00. The van der Waals surface area contributed by atoms with Gasteiger partial charge >= 0.3 is 0 Å². The molecule has 0 amide bonds. The Bertz CT molecular complexity index is 317. The average Bonchev–Trinajstić information content (AvgIpc) is 2.80.